The summed E-state index contributed by atoms with van der Waals surface area (Å²) in [4.78, 5) is 29.1. The van der Waals surface area contributed by atoms with Crippen molar-refractivity contribution in [1.29, 1.82) is 0 Å². The van der Waals surface area contributed by atoms with E-state index in [1.807, 2.05) is 6.07 Å². The Balaban J connectivity index is 1.57. The number of primary amides is 1. The molecular formula is C23H24N6O2S2. The molecule has 8 nitrogen and oxygen atoms in total. The molecule has 33 heavy (non-hydrogen) atoms. The van der Waals surface area contributed by atoms with Gasteiger partial charge in [-0.25, -0.2) is 4.98 Å². The van der Waals surface area contributed by atoms with Gasteiger partial charge in [0.15, 0.2) is 4.34 Å². The molecule has 0 radical (unpaired) electrons. The molecule has 0 aliphatic carbocycles. The summed E-state index contributed by atoms with van der Waals surface area (Å²) in [5.41, 5.74) is 9.23. The summed E-state index contributed by atoms with van der Waals surface area (Å²) in [6.45, 7) is 4.04. The van der Waals surface area contributed by atoms with E-state index in [0.717, 1.165) is 22.9 Å². The number of nitrogens with one attached hydrogen (secondary N) is 1. The molecule has 0 saturated carbocycles. The highest BCUT2D eigenvalue weighted by atomic mass is 32.2. The van der Waals surface area contributed by atoms with Gasteiger partial charge in [-0.05, 0) is 36.1 Å². The van der Waals surface area contributed by atoms with Gasteiger partial charge in [-0.2, -0.15) is 0 Å². The number of carbonyl (C=O) groups is 1. The molecular weight excluding hydrogens is 456 g/mol. The number of aromatic nitrogens is 4. The fourth-order valence-electron chi connectivity index (χ4n) is 3.60. The van der Waals surface area contributed by atoms with E-state index in [4.69, 9.17) is 5.73 Å². The zero-order valence-corrected chi connectivity index (χ0v) is 20.0. The minimum atomic E-state index is -0.593. The van der Waals surface area contributed by atoms with E-state index >= 15 is 0 Å². The topological polar surface area (TPSA) is 116 Å². The smallest absolute Gasteiger partial charge is 0.261 e. The second kappa shape index (κ2) is 10.1. The summed E-state index contributed by atoms with van der Waals surface area (Å²) in [7, 11) is 0. The molecule has 0 fully saturated rings. The molecule has 2 aromatic heterocycles. The summed E-state index contributed by atoms with van der Waals surface area (Å²) in [5.74, 6) is 0.231. The summed E-state index contributed by atoms with van der Waals surface area (Å²) >= 11 is 2.85. The van der Waals surface area contributed by atoms with Crippen molar-refractivity contribution in [3.63, 3.8) is 0 Å². The number of hydrogen-bond acceptors (Lipinski definition) is 8. The second-order valence-corrected chi connectivity index (χ2v) is 9.55. The maximum absolute atomic E-state index is 12.9. The van der Waals surface area contributed by atoms with Crippen molar-refractivity contribution in [2.75, 3.05) is 5.32 Å². The first-order chi connectivity index (χ1) is 16.0. The summed E-state index contributed by atoms with van der Waals surface area (Å²) in [5, 5.41) is 13.2. The van der Waals surface area contributed by atoms with Crippen molar-refractivity contribution >= 4 is 50.7 Å². The molecule has 1 amide bonds. The highest BCUT2D eigenvalue weighted by Crippen LogP contribution is 2.32. The summed E-state index contributed by atoms with van der Waals surface area (Å²) in [6, 6.07) is 13.4. The van der Waals surface area contributed by atoms with Gasteiger partial charge < -0.3 is 11.1 Å². The van der Waals surface area contributed by atoms with E-state index in [1.165, 1.54) is 38.8 Å². The maximum Gasteiger partial charge on any atom is 0.261 e. The van der Waals surface area contributed by atoms with Crippen molar-refractivity contribution in [2.45, 2.75) is 43.3 Å². The number of rotatable bonds is 9. The molecule has 4 aromatic rings. The average Bonchev–Trinajstić information content (AvgIpc) is 3.27. The molecule has 0 saturated heterocycles. The minimum Gasteiger partial charge on any atom is -0.368 e. The van der Waals surface area contributed by atoms with E-state index in [0.29, 0.717) is 27.6 Å². The number of anilines is 2. The standard InChI is InChI=1S/C23H24N6O2S2/c1-3-14-8-7-9-15(4-2)20(14)26-22-27-28-23(33-22)32-13-19-25-17-11-6-5-10-16(17)21(31)29(19)12-18(24)30/h5-11H,3-4,12-13H2,1-2H3,(H2,24,30)(H,26,27). The molecule has 0 atom stereocenters. The third kappa shape index (κ3) is 5.07. The van der Waals surface area contributed by atoms with Crippen LogP contribution in [0.2, 0.25) is 0 Å². The second-order valence-electron chi connectivity index (χ2n) is 7.35. The zero-order chi connectivity index (χ0) is 23.4. The van der Waals surface area contributed by atoms with Gasteiger partial charge in [0.05, 0.1) is 16.7 Å². The van der Waals surface area contributed by atoms with Gasteiger partial charge in [-0.15, -0.1) is 10.2 Å². The third-order valence-electron chi connectivity index (χ3n) is 5.22. The van der Waals surface area contributed by atoms with Crippen molar-refractivity contribution in [3.05, 3.63) is 69.8 Å². The van der Waals surface area contributed by atoms with E-state index in [-0.39, 0.29) is 12.1 Å². The monoisotopic (exact) mass is 480 g/mol. The van der Waals surface area contributed by atoms with Gasteiger partial charge in [0.1, 0.15) is 12.4 Å². The Morgan fingerprint density at radius 1 is 1.09 bits per heavy atom. The van der Waals surface area contributed by atoms with Crippen LogP contribution in [-0.2, 0) is 29.9 Å². The lowest BCUT2D eigenvalue weighted by molar-refractivity contribution is -0.118. The zero-order valence-electron chi connectivity index (χ0n) is 18.4. The first kappa shape index (κ1) is 22.9. The summed E-state index contributed by atoms with van der Waals surface area (Å²) in [6.07, 6.45) is 1.84. The van der Waals surface area contributed by atoms with Gasteiger partial charge in [-0.1, -0.05) is 67.3 Å². The van der Waals surface area contributed by atoms with Crippen molar-refractivity contribution < 1.29 is 4.79 Å². The maximum atomic E-state index is 12.9. The van der Waals surface area contributed by atoms with Crippen molar-refractivity contribution in [1.82, 2.24) is 19.7 Å². The fraction of sp³-hybridized carbons (Fsp3) is 0.261. The highest BCUT2D eigenvalue weighted by Gasteiger charge is 2.15. The molecule has 0 bridgehead atoms. The quantitative estimate of drug-likeness (QED) is 0.349. The van der Waals surface area contributed by atoms with Crippen LogP contribution in [0.15, 0.2) is 51.6 Å². The van der Waals surface area contributed by atoms with Crippen LogP contribution in [0.4, 0.5) is 10.8 Å². The molecule has 3 N–H and O–H groups in total. The van der Waals surface area contributed by atoms with Crippen LogP contribution in [-0.4, -0.2) is 25.7 Å². The third-order valence-corrected chi connectivity index (χ3v) is 7.18. The van der Waals surface area contributed by atoms with Gasteiger partial charge in [0.2, 0.25) is 11.0 Å². The van der Waals surface area contributed by atoms with Crippen molar-refractivity contribution in [2.24, 2.45) is 5.73 Å². The number of carbonyl (C=O) groups excluding carboxylic acids is 1. The first-order valence-corrected chi connectivity index (χ1v) is 12.4. The Morgan fingerprint density at radius 3 is 2.52 bits per heavy atom. The summed E-state index contributed by atoms with van der Waals surface area (Å²) < 4.78 is 2.07. The van der Waals surface area contributed by atoms with Gasteiger partial charge in [0, 0.05) is 5.69 Å². The van der Waals surface area contributed by atoms with Crippen LogP contribution in [0.3, 0.4) is 0 Å². The van der Waals surface area contributed by atoms with Crippen molar-refractivity contribution in [3.8, 4) is 0 Å². The Hall–Kier alpha value is -3.24. The van der Waals surface area contributed by atoms with Gasteiger partial charge in [-0.3, -0.25) is 14.2 Å². The van der Waals surface area contributed by atoms with E-state index in [2.05, 4.69) is 52.5 Å². The number of nitrogens with two attached hydrogens (primary N) is 1. The lowest BCUT2D eigenvalue weighted by Crippen LogP contribution is -2.31. The Morgan fingerprint density at radius 2 is 1.82 bits per heavy atom. The van der Waals surface area contributed by atoms with Crippen LogP contribution in [0, 0.1) is 0 Å². The lowest BCUT2D eigenvalue weighted by atomic mass is 10.0. The predicted octanol–water partition coefficient (Wildman–Crippen LogP) is 3.89. The molecule has 10 heteroatoms. The number of hydrogen-bond donors (Lipinski definition) is 2. The molecule has 2 heterocycles. The van der Waals surface area contributed by atoms with Crippen LogP contribution < -0.4 is 16.6 Å². The van der Waals surface area contributed by atoms with E-state index in [1.54, 1.807) is 18.2 Å². The number of thioether (sulfide) groups is 1. The molecule has 0 spiro atoms. The van der Waals surface area contributed by atoms with E-state index in [9.17, 15) is 9.59 Å². The lowest BCUT2D eigenvalue weighted by Gasteiger charge is -2.13. The van der Waals surface area contributed by atoms with Crippen LogP contribution >= 0.6 is 23.1 Å². The Labute approximate surface area is 199 Å². The fourth-order valence-corrected chi connectivity index (χ4v) is 5.30. The predicted molar refractivity (Wildman–Crippen MR) is 133 cm³/mol. The number of aryl methyl sites for hydroxylation is 2. The van der Waals surface area contributed by atoms with Crippen LogP contribution in [0.1, 0.15) is 30.8 Å². The molecule has 0 unspecified atom stereocenters. The number of benzene rings is 2. The number of amides is 1. The Kier molecular flexibility index (Phi) is 7.05. The van der Waals surface area contributed by atoms with Gasteiger partial charge >= 0.3 is 0 Å². The molecule has 2 aromatic carbocycles. The van der Waals surface area contributed by atoms with Crippen LogP contribution in [0.5, 0.6) is 0 Å². The molecule has 0 aliphatic heterocycles. The van der Waals surface area contributed by atoms with E-state index < -0.39 is 5.91 Å². The SMILES string of the molecule is CCc1cccc(CC)c1Nc1nnc(SCc2nc3ccccc3c(=O)n2CC(N)=O)s1. The number of fused-ring (bicyclic) bond motifs is 1. The van der Waals surface area contributed by atoms with Crippen LogP contribution in [0.25, 0.3) is 10.9 Å². The number of nitrogens with zero attached hydrogens (tertiary/aromatic N) is 4. The highest BCUT2D eigenvalue weighted by molar-refractivity contribution is 8.00. The first-order valence-electron chi connectivity index (χ1n) is 10.6. The normalized spacial score (nSPS) is 11.1. The number of para-hydroxylation sites is 2. The van der Waals surface area contributed by atoms with Gasteiger partial charge in [0.25, 0.3) is 5.56 Å². The Bertz CT molecular complexity index is 1340. The average molecular weight is 481 g/mol. The largest absolute Gasteiger partial charge is 0.368 e. The molecule has 0 aliphatic rings. The molecule has 170 valence electrons. The minimum absolute atomic E-state index is 0.219. The molecule has 4 rings (SSSR count).